The summed E-state index contributed by atoms with van der Waals surface area (Å²) in [6, 6.07) is 0. The molecule has 4 nitrogen and oxygen atoms in total. The quantitative estimate of drug-likeness (QED) is 0.413. The maximum absolute atomic E-state index is 10.8. The fourth-order valence-electron chi connectivity index (χ4n) is 0.610. The van der Waals surface area contributed by atoms with E-state index in [2.05, 4.69) is 4.74 Å². The molecule has 0 saturated heterocycles. The maximum atomic E-state index is 10.8. The van der Waals surface area contributed by atoms with Crippen molar-refractivity contribution in [2.45, 2.75) is 6.42 Å². The summed E-state index contributed by atoms with van der Waals surface area (Å²) in [4.78, 5) is 9.84. The molecule has 0 radical (unpaired) electrons. The van der Waals surface area contributed by atoms with E-state index < -0.39 is 9.84 Å². The second kappa shape index (κ2) is 5.26. The molecular weight excluding hydrogens is 168 g/mol. The highest BCUT2D eigenvalue weighted by atomic mass is 32.2. The molecule has 0 fully saturated rings. The van der Waals surface area contributed by atoms with Crippen LogP contribution in [0.15, 0.2) is 0 Å². The van der Waals surface area contributed by atoms with E-state index in [4.69, 9.17) is 0 Å². The van der Waals surface area contributed by atoms with Gasteiger partial charge in [-0.2, -0.15) is 0 Å². The van der Waals surface area contributed by atoms with Crippen molar-refractivity contribution in [2.75, 3.05) is 25.2 Å². The largest absolute Gasteiger partial charge is 0.385 e. The lowest BCUT2D eigenvalue weighted by molar-refractivity contribution is -0.105. The normalized spacial score (nSPS) is 11.4. The van der Waals surface area contributed by atoms with E-state index in [1.54, 1.807) is 0 Å². The molecule has 0 aromatic heterocycles. The zero-order valence-corrected chi connectivity index (χ0v) is 7.26. The highest BCUT2D eigenvalue weighted by Gasteiger charge is 2.08. The first-order valence-corrected chi connectivity index (χ1v) is 5.07. The Hall–Kier alpha value is -0.420. The third kappa shape index (κ3) is 6.00. The second-order valence-corrected chi connectivity index (χ2v) is 4.36. The molecule has 11 heavy (non-hydrogen) atoms. The van der Waals surface area contributed by atoms with Gasteiger partial charge in [-0.25, -0.2) is 8.42 Å². The number of rotatable bonds is 6. The van der Waals surface area contributed by atoms with Crippen LogP contribution in [0.2, 0.25) is 0 Å². The first-order valence-electron chi connectivity index (χ1n) is 3.25. The fraction of sp³-hybridized carbons (Fsp3) is 0.833. The first kappa shape index (κ1) is 10.6. The lowest BCUT2D eigenvalue weighted by atomic mass is 10.5. The van der Waals surface area contributed by atoms with Gasteiger partial charge in [-0.3, -0.25) is 0 Å². The molecule has 0 rings (SSSR count). The number of sulfone groups is 1. The number of hydrogen-bond acceptors (Lipinski definition) is 4. The predicted octanol–water partition coefficient (Wildman–Crippen LogP) is -0.363. The van der Waals surface area contributed by atoms with Crippen LogP contribution in [0, 0.1) is 0 Å². The van der Waals surface area contributed by atoms with Crippen LogP contribution in [0.25, 0.3) is 0 Å². The van der Waals surface area contributed by atoms with E-state index in [-0.39, 0.29) is 11.5 Å². The van der Waals surface area contributed by atoms with E-state index in [0.29, 0.717) is 19.3 Å². The number of ether oxygens (including phenoxy) is 1. The van der Waals surface area contributed by atoms with Crippen molar-refractivity contribution in [3.63, 3.8) is 0 Å². The standard InChI is InChI=1S/C6H12O4S/c1-10-4-2-5-11(8,9)6-3-7/h3H,2,4-6H2,1H3. The molecule has 0 saturated carbocycles. The molecule has 0 bridgehead atoms. The van der Waals surface area contributed by atoms with Gasteiger partial charge in [-0.1, -0.05) is 0 Å². The Kier molecular flexibility index (Phi) is 5.06. The predicted molar refractivity (Wildman–Crippen MR) is 41.2 cm³/mol. The van der Waals surface area contributed by atoms with Crippen LogP contribution >= 0.6 is 0 Å². The molecule has 0 N–H and O–H groups in total. The Bertz CT molecular complexity index is 195. The van der Waals surface area contributed by atoms with Crippen molar-refractivity contribution in [1.82, 2.24) is 0 Å². The summed E-state index contributed by atoms with van der Waals surface area (Å²) in [5, 5.41) is 0. The van der Waals surface area contributed by atoms with Gasteiger partial charge in [-0.05, 0) is 6.42 Å². The van der Waals surface area contributed by atoms with Crippen LogP contribution in [0.3, 0.4) is 0 Å². The van der Waals surface area contributed by atoms with Gasteiger partial charge in [-0.15, -0.1) is 0 Å². The molecule has 0 aromatic rings. The summed E-state index contributed by atoms with van der Waals surface area (Å²) >= 11 is 0. The number of carbonyl (C=O) groups is 1. The third-order valence-corrected chi connectivity index (χ3v) is 2.68. The number of aldehydes is 1. The number of hydrogen-bond donors (Lipinski definition) is 0. The summed E-state index contributed by atoms with van der Waals surface area (Å²) in [5.74, 6) is -0.351. The van der Waals surface area contributed by atoms with Gasteiger partial charge in [0.05, 0.1) is 5.75 Å². The zero-order chi connectivity index (χ0) is 8.74. The Morgan fingerprint density at radius 1 is 1.45 bits per heavy atom. The third-order valence-electron chi connectivity index (χ3n) is 1.13. The van der Waals surface area contributed by atoms with Gasteiger partial charge < -0.3 is 9.53 Å². The fourth-order valence-corrected chi connectivity index (χ4v) is 1.54. The van der Waals surface area contributed by atoms with E-state index >= 15 is 0 Å². The maximum Gasteiger partial charge on any atom is 0.157 e. The van der Waals surface area contributed by atoms with Gasteiger partial charge in [0.25, 0.3) is 0 Å². The van der Waals surface area contributed by atoms with Crippen molar-refractivity contribution >= 4 is 16.1 Å². The average molecular weight is 180 g/mol. The molecule has 0 atom stereocenters. The number of carbonyl (C=O) groups excluding carboxylic acids is 1. The van der Waals surface area contributed by atoms with Crippen LogP contribution in [0.5, 0.6) is 0 Å². The smallest absolute Gasteiger partial charge is 0.157 e. The van der Waals surface area contributed by atoms with Crippen LogP contribution in [0.4, 0.5) is 0 Å². The van der Waals surface area contributed by atoms with E-state index in [1.165, 1.54) is 7.11 Å². The van der Waals surface area contributed by atoms with Gasteiger partial charge in [0.15, 0.2) is 9.84 Å². The zero-order valence-electron chi connectivity index (χ0n) is 6.45. The lowest BCUT2D eigenvalue weighted by Gasteiger charge is -1.98. The van der Waals surface area contributed by atoms with E-state index in [9.17, 15) is 13.2 Å². The van der Waals surface area contributed by atoms with Gasteiger partial charge >= 0.3 is 0 Å². The Morgan fingerprint density at radius 2 is 2.09 bits per heavy atom. The molecule has 0 heterocycles. The lowest BCUT2D eigenvalue weighted by Crippen LogP contribution is -2.13. The van der Waals surface area contributed by atoms with Gasteiger partial charge in [0, 0.05) is 13.7 Å². The summed E-state index contributed by atoms with van der Waals surface area (Å²) in [6.45, 7) is 0.415. The Morgan fingerprint density at radius 3 is 2.55 bits per heavy atom. The molecule has 0 aliphatic carbocycles. The summed E-state index contributed by atoms with van der Waals surface area (Å²) in [5.41, 5.74) is 0. The van der Waals surface area contributed by atoms with Crippen molar-refractivity contribution in [3.8, 4) is 0 Å². The summed E-state index contributed by atoms with van der Waals surface area (Å²) in [7, 11) is -1.65. The number of methoxy groups -OCH3 is 1. The SMILES string of the molecule is COCCCS(=O)(=O)CC=O. The van der Waals surface area contributed by atoms with Gasteiger partial charge in [0.2, 0.25) is 0 Å². The molecule has 0 aliphatic rings. The molecule has 66 valence electrons. The van der Waals surface area contributed by atoms with Crippen molar-refractivity contribution in [3.05, 3.63) is 0 Å². The minimum Gasteiger partial charge on any atom is -0.385 e. The topological polar surface area (TPSA) is 60.4 Å². The highest BCUT2D eigenvalue weighted by molar-refractivity contribution is 7.91. The molecular formula is C6H12O4S. The minimum atomic E-state index is -3.15. The van der Waals surface area contributed by atoms with E-state index in [0.717, 1.165) is 0 Å². The summed E-state index contributed by atoms with van der Waals surface area (Å²) in [6.07, 6.45) is 0.856. The Labute approximate surface area is 66.5 Å². The summed E-state index contributed by atoms with van der Waals surface area (Å²) < 4.78 is 26.3. The molecule has 0 aromatic carbocycles. The highest BCUT2D eigenvalue weighted by Crippen LogP contribution is 1.92. The average Bonchev–Trinajstić information content (AvgIpc) is 1.87. The molecule has 0 unspecified atom stereocenters. The monoisotopic (exact) mass is 180 g/mol. The van der Waals surface area contributed by atoms with Crippen LogP contribution < -0.4 is 0 Å². The van der Waals surface area contributed by atoms with Gasteiger partial charge in [0.1, 0.15) is 12.0 Å². The van der Waals surface area contributed by atoms with E-state index in [1.807, 2.05) is 0 Å². The van der Waals surface area contributed by atoms with Crippen LogP contribution in [-0.4, -0.2) is 39.9 Å². The van der Waals surface area contributed by atoms with Crippen LogP contribution in [-0.2, 0) is 19.4 Å². The molecule has 0 amide bonds. The second-order valence-electron chi connectivity index (χ2n) is 2.13. The van der Waals surface area contributed by atoms with Crippen molar-refractivity contribution < 1.29 is 17.9 Å². The first-order chi connectivity index (χ1) is 5.12. The minimum absolute atomic E-state index is 0.0274. The molecule has 0 aliphatic heterocycles. The van der Waals surface area contributed by atoms with Crippen molar-refractivity contribution in [2.24, 2.45) is 0 Å². The molecule has 5 heteroatoms. The Balaban J connectivity index is 3.65. The van der Waals surface area contributed by atoms with Crippen molar-refractivity contribution in [1.29, 1.82) is 0 Å². The van der Waals surface area contributed by atoms with Crippen LogP contribution in [0.1, 0.15) is 6.42 Å². The molecule has 0 spiro atoms.